The van der Waals surface area contributed by atoms with Gasteiger partial charge in [-0.15, -0.1) is 5.10 Å². The first kappa shape index (κ1) is 13.3. The quantitative estimate of drug-likeness (QED) is 0.850. The van der Waals surface area contributed by atoms with Gasteiger partial charge in [-0.2, -0.15) is 0 Å². The van der Waals surface area contributed by atoms with E-state index in [1.165, 1.54) is 24.2 Å². The minimum absolute atomic E-state index is 0.571. The van der Waals surface area contributed by atoms with E-state index >= 15 is 0 Å². The van der Waals surface area contributed by atoms with Crippen LogP contribution in [0.5, 0.6) is 16.7 Å². The Kier molecular flexibility index (Phi) is 4.13. The lowest BCUT2D eigenvalue weighted by atomic mass is 10.3. The topological polar surface area (TPSA) is 56.3 Å². The zero-order valence-electron chi connectivity index (χ0n) is 11.3. The van der Waals surface area contributed by atoms with Gasteiger partial charge in [0.1, 0.15) is 16.5 Å². The van der Waals surface area contributed by atoms with Gasteiger partial charge in [0.2, 0.25) is 0 Å². The van der Waals surface area contributed by atoms with E-state index < -0.39 is 0 Å². The Hall–Kier alpha value is -1.66. The molecule has 0 aliphatic heterocycles. The van der Waals surface area contributed by atoms with Crippen LogP contribution in [0.25, 0.3) is 0 Å². The second kappa shape index (κ2) is 6.19. The Morgan fingerprint density at radius 2 is 1.95 bits per heavy atom. The standard InChI is InChI=1S/C14H17N3O2S/c1-2-18-11-5-7-12(8-6-11)19-14-17-16-13(20-14)9-15-10-3-4-10/h5-8,10,15H,2-4,9H2,1H3. The third-order valence-corrected chi connectivity index (χ3v) is 3.71. The Morgan fingerprint density at radius 1 is 1.20 bits per heavy atom. The van der Waals surface area contributed by atoms with Gasteiger partial charge < -0.3 is 14.8 Å². The average molecular weight is 291 g/mol. The third kappa shape index (κ3) is 3.68. The maximum Gasteiger partial charge on any atom is 0.299 e. The minimum Gasteiger partial charge on any atom is -0.494 e. The molecular weight excluding hydrogens is 274 g/mol. The van der Waals surface area contributed by atoms with Crippen molar-refractivity contribution in [1.29, 1.82) is 0 Å². The molecule has 5 nitrogen and oxygen atoms in total. The maximum absolute atomic E-state index is 5.68. The average Bonchev–Trinajstić information content (AvgIpc) is 3.19. The molecule has 2 aromatic rings. The molecule has 1 aromatic carbocycles. The van der Waals surface area contributed by atoms with Crippen LogP contribution >= 0.6 is 11.3 Å². The molecule has 0 unspecified atom stereocenters. The van der Waals surface area contributed by atoms with Gasteiger partial charge in [0.05, 0.1) is 13.2 Å². The highest BCUT2D eigenvalue weighted by Gasteiger charge is 2.20. The van der Waals surface area contributed by atoms with E-state index in [1.54, 1.807) is 0 Å². The number of nitrogens with one attached hydrogen (secondary N) is 1. The molecule has 1 aromatic heterocycles. The summed E-state index contributed by atoms with van der Waals surface area (Å²) in [6, 6.07) is 8.18. The summed E-state index contributed by atoms with van der Waals surface area (Å²) in [5.74, 6) is 1.58. The molecule has 1 aliphatic rings. The Labute approximate surface area is 121 Å². The molecule has 6 heteroatoms. The van der Waals surface area contributed by atoms with Gasteiger partial charge in [0.15, 0.2) is 0 Å². The maximum atomic E-state index is 5.68. The van der Waals surface area contributed by atoms with Crippen molar-refractivity contribution >= 4 is 11.3 Å². The molecule has 1 aliphatic carbocycles. The number of nitrogens with zero attached hydrogens (tertiary/aromatic N) is 2. The van der Waals surface area contributed by atoms with Crippen LogP contribution in [0.15, 0.2) is 24.3 Å². The number of benzene rings is 1. The van der Waals surface area contributed by atoms with E-state index in [2.05, 4.69) is 15.5 Å². The molecule has 0 spiro atoms. The van der Waals surface area contributed by atoms with Crippen LogP contribution in [0.1, 0.15) is 24.8 Å². The molecule has 0 atom stereocenters. The SMILES string of the molecule is CCOc1ccc(Oc2nnc(CNC3CC3)s2)cc1. The number of ether oxygens (including phenoxy) is 2. The molecule has 1 fully saturated rings. The number of hydrogen-bond donors (Lipinski definition) is 1. The Bertz CT molecular complexity index is 552. The predicted octanol–water partition coefficient (Wildman–Crippen LogP) is 2.98. The van der Waals surface area contributed by atoms with Crippen molar-refractivity contribution < 1.29 is 9.47 Å². The first-order valence-corrected chi connectivity index (χ1v) is 7.61. The summed E-state index contributed by atoms with van der Waals surface area (Å²) in [5, 5.41) is 13.1. The van der Waals surface area contributed by atoms with E-state index in [1.807, 2.05) is 31.2 Å². The summed E-state index contributed by atoms with van der Waals surface area (Å²) >= 11 is 1.47. The van der Waals surface area contributed by atoms with Crippen LogP contribution in [0, 0.1) is 0 Å². The van der Waals surface area contributed by atoms with Crippen molar-refractivity contribution in [2.45, 2.75) is 32.4 Å². The van der Waals surface area contributed by atoms with Crippen molar-refractivity contribution in [1.82, 2.24) is 15.5 Å². The van der Waals surface area contributed by atoms with Crippen LogP contribution in [0.2, 0.25) is 0 Å². The third-order valence-electron chi connectivity index (χ3n) is 2.91. The summed E-state index contributed by atoms with van der Waals surface area (Å²) in [4.78, 5) is 0. The van der Waals surface area contributed by atoms with Crippen molar-refractivity contribution in [3.63, 3.8) is 0 Å². The predicted molar refractivity (Wildman–Crippen MR) is 77.5 cm³/mol. The molecule has 0 radical (unpaired) electrons. The van der Waals surface area contributed by atoms with Crippen LogP contribution < -0.4 is 14.8 Å². The van der Waals surface area contributed by atoms with E-state index in [4.69, 9.17) is 9.47 Å². The smallest absolute Gasteiger partial charge is 0.299 e. The van der Waals surface area contributed by atoms with Gasteiger partial charge in [-0.05, 0) is 44.0 Å². The summed E-state index contributed by atoms with van der Waals surface area (Å²) in [6.45, 7) is 3.39. The number of rotatable bonds is 7. The molecule has 106 valence electrons. The summed E-state index contributed by atoms with van der Waals surface area (Å²) in [5.41, 5.74) is 0. The molecule has 3 rings (SSSR count). The molecule has 1 heterocycles. The summed E-state index contributed by atoms with van der Waals surface area (Å²) < 4.78 is 11.1. The molecule has 0 bridgehead atoms. The lowest BCUT2D eigenvalue weighted by Crippen LogP contribution is -2.14. The fraction of sp³-hybridized carbons (Fsp3) is 0.429. The normalized spacial score (nSPS) is 14.2. The first-order chi connectivity index (χ1) is 9.83. The van der Waals surface area contributed by atoms with Crippen molar-refractivity contribution in [2.75, 3.05) is 6.61 Å². The highest BCUT2D eigenvalue weighted by atomic mass is 32.1. The van der Waals surface area contributed by atoms with Crippen LogP contribution in [0.4, 0.5) is 0 Å². The van der Waals surface area contributed by atoms with Crippen molar-refractivity contribution in [3.8, 4) is 16.7 Å². The fourth-order valence-electron chi connectivity index (χ4n) is 1.74. The van der Waals surface area contributed by atoms with Gasteiger partial charge in [0.25, 0.3) is 5.19 Å². The second-order valence-electron chi connectivity index (χ2n) is 4.62. The molecule has 1 N–H and O–H groups in total. The van der Waals surface area contributed by atoms with Crippen LogP contribution in [0.3, 0.4) is 0 Å². The van der Waals surface area contributed by atoms with Crippen LogP contribution in [-0.2, 0) is 6.54 Å². The largest absolute Gasteiger partial charge is 0.494 e. The Morgan fingerprint density at radius 3 is 2.65 bits per heavy atom. The van der Waals surface area contributed by atoms with Crippen molar-refractivity contribution in [2.24, 2.45) is 0 Å². The number of hydrogen-bond acceptors (Lipinski definition) is 6. The second-order valence-corrected chi connectivity index (χ2v) is 5.65. The molecule has 20 heavy (non-hydrogen) atoms. The van der Waals surface area contributed by atoms with E-state index in [0.717, 1.165) is 23.1 Å². The molecule has 1 saturated carbocycles. The lowest BCUT2D eigenvalue weighted by molar-refractivity contribution is 0.339. The molecule has 0 saturated heterocycles. The van der Waals surface area contributed by atoms with Crippen molar-refractivity contribution in [3.05, 3.63) is 29.3 Å². The Balaban J connectivity index is 1.56. The van der Waals surface area contributed by atoms with Gasteiger partial charge in [-0.3, -0.25) is 0 Å². The number of aromatic nitrogens is 2. The van der Waals surface area contributed by atoms with Gasteiger partial charge in [0, 0.05) is 6.04 Å². The summed E-state index contributed by atoms with van der Waals surface area (Å²) in [7, 11) is 0. The van der Waals surface area contributed by atoms with Gasteiger partial charge >= 0.3 is 0 Å². The molecule has 0 amide bonds. The van der Waals surface area contributed by atoms with Gasteiger partial charge in [-0.1, -0.05) is 16.4 Å². The highest BCUT2D eigenvalue weighted by molar-refractivity contribution is 7.13. The fourth-order valence-corrected chi connectivity index (χ4v) is 2.40. The zero-order valence-corrected chi connectivity index (χ0v) is 12.2. The monoisotopic (exact) mass is 291 g/mol. The minimum atomic E-state index is 0.571. The van der Waals surface area contributed by atoms with Crippen LogP contribution in [-0.4, -0.2) is 22.8 Å². The van der Waals surface area contributed by atoms with Gasteiger partial charge in [-0.25, -0.2) is 0 Å². The first-order valence-electron chi connectivity index (χ1n) is 6.80. The van der Waals surface area contributed by atoms with E-state index in [9.17, 15) is 0 Å². The molecular formula is C14H17N3O2S. The van der Waals surface area contributed by atoms with E-state index in [-0.39, 0.29) is 0 Å². The van der Waals surface area contributed by atoms with E-state index in [0.29, 0.717) is 17.8 Å². The zero-order chi connectivity index (χ0) is 13.8. The highest BCUT2D eigenvalue weighted by Crippen LogP contribution is 2.27. The summed E-state index contributed by atoms with van der Waals surface area (Å²) in [6.07, 6.45) is 2.54. The lowest BCUT2D eigenvalue weighted by Gasteiger charge is -2.04.